The van der Waals surface area contributed by atoms with Crippen LogP contribution in [0.4, 0.5) is 5.69 Å². The van der Waals surface area contributed by atoms with Gasteiger partial charge in [-0.05, 0) is 49.1 Å². The van der Waals surface area contributed by atoms with Crippen molar-refractivity contribution in [2.45, 2.75) is 33.1 Å². The molecule has 0 bridgehead atoms. The maximum atomic E-state index is 12.7. The zero-order valence-electron chi connectivity index (χ0n) is 18.9. The van der Waals surface area contributed by atoms with Gasteiger partial charge in [0.05, 0.1) is 19.8 Å². The smallest absolute Gasteiger partial charge is 0.257 e. The van der Waals surface area contributed by atoms with Gasteiger partial charge in [-0.25, -0.2) is 0 Å². The SMILES string of the molecule is CCC(C)c1ccc(NC(=NCCN2CCOCC2)NC(=O)c2ccc(C)cc2)cc1. The van der Waals surface area contributed by atoms with E-state index in [0.717, 1.165) is 50.5 Å². The summed E-state index contributed by atoms with van der Waals surface area (Å²) in [5.41, 5.74) is 3.94. The molecule has 0 aliphatic carbocycles. The summed E-state index contributed by atoms with van der Waals surface area (Å²) in [4.78, 5) is 19.7. The Balaban J connectivity index is 1.68. The minimum absolute atomic E-state index is 0.172. The molecule has 1 heterocycles. The predicted octanol–water partition coefficient (Wildman–Crippen LogP) is 4.04. The van der Waals surface area contributed by atoms with Crippen molar-refractivity contribution in [2.24, 2.45) is 4.99 Å². The fourth-order valence-electron chi connectivity index (χ4n) is 3.39. The summed E-state index contributed by atoms with van der Waals surface area (Å²) in [6, 6.07) is 15.9. The lowest BCUT2D eigenvalue weighted by atomic mass is 9.99. The van der Waals surface area contributed by atoms with Gasteiger partial charge in [-0.15, -0.1) is 0 Å². The lowest BCUT2D eigenvalue weighted by Gasteiger charge is -2.25. The van der Waals surface area contributed by atoms with Crippen LogP contribution >= 0.6 is 0 Å². The molecule has 1 aliphatic rings. The van der Waals surface area contributed by atoms with Gasteiger partial charge in [0.15, 0.2) is 0 Å². The molecule has 166 valence electrons. The van der Waals surface area contributed by atoms with E-state index in [1.165, 1.54) is 5.56 Å². The molecule has 0 radical (unpaired) electrons. The number of anilines is 1. The molecule has 3 rings (SSSR count). The number of ether oxygens (including phenoxy) is 1. The Hall–Kier alpha value is -2.70. The highest BCUT2D eigenvalue weighted by molar-refractivity contribution is 6.09. The Morgan fingerprint density at radius 3 is 2.42 bits per heavy atom. The number of hydrogen-bond donors (Lipinski definition) is 2. The van der Waals surface area contributed by atoms with E-state index in [1.807, 2.05) is 43.3 Å². The number of aliphatic imine (C=N–C) groups is 1. The van der Waals surface area contributed by atoms with Crippen LogP contribution in [-0.4, -0.2) is 56.2 Å². The lowest BCUT2D eigenvalue weighted by molar-refractivity contribution is 0.0394. The first-order valence-electron chi connectivity index (χ1n) is 11.1. The molecule has 2 aromatic rings. The molecule has 1 atom stereocenters. The number of amides is 1. The van der Waals surface area contributed by atoms with E-state index >= 15 is 0 Å². The number of carbonyl (C=O) groups excluding carboxylic acids is 1. The van der Waals surface area contributed by atoms with E-state index in [4.69, 9.17) is 4.74 Å². The third kappa shape index (κ3) is 7.19. The normalized spacial score (nSPS) is 16.0. The van der Waals surface area contributed by atoms with E-state index in [2.05, 4.69) is 46.5 Å². The first kappa shape index (κ1) is 23.0. The molecule has 31 heavy (non-hydrogen) atoms. The minimum atomic E-state index is -0.172. The summed E-state index contributed by atoms with van der Waals surface area (Å²) in [5, 5.41) is 6.23. The molecule has 2 aromatic carbocycles. The van der Waals surface area contributed by atoms with E-state index < -0.39 is 0 Å². The van der Waals surface area contributed by atoms with Crippen LogP contribution in [0.25, 0.3) is 0 Å². The molecule has 6 nitrogen and oxygen atoms in total. The third-order valence-corrected chi connectivity index (χ3v) is 5.69. The highest BCUT2D eigenvalue weighted by Crippen LogP contribution is 2.20. The number of hydrogen-bond acceptors (Lipinski definition) is 4. The molecule has 0 aromatic heterocycles. The molecule has 0 spiro atoms. The Morgan fingerprint density at radius 1 is 1.10 bits per heavy atom. The van der Waals surface area contributed by atoms with E-state index in [1.54, 1.807) is 0 Å². The number of morpholine rings is 1. The monoisotopic (exact) mass is 422 g/mol. The summed E-state index contributed by atoms with van der Waals surface area (Å²) in [7, 11) is 0. The molecular weight excluding hydrogens is 388 g/mol. The second kappa shape index (κ2) is 11.6. The predicted molar refractivity (Wildman–Crippen MR) is 127 cm³/mol. The van der Waals surface area contributed by atoms with Gasteiger partial charge in [0.1, 0.15) is 0 Å². The molecule has 1 amide bonds. The largest absolute Gasteiger partial charge is 0.379 e. The van der Waals surface area contributed by atoms with Gasteiger partial charge in [0, 0.05) is 30.9 Å². The van der Waals surface area contributed by atoms with Crippen molar-refractivity contribution in [2.75, 3.05) is 44.7 Å². The van der Waals surface area contributed by atoms with Crippen molar-refractivity contribution >= 4 is 17.6 Å². The second-order valence-electron chi connectivity index (χ2n) is 8.06. The molecule has 1 saturated heterocycles. The van der Waals surface area contributed by atoms with Crippen LogP contribution < -0.4 is 10.6 Å². The minimum Gasteiger partial charge on any atom is -0.379 e. The number of guanidine groups is 1. The van der Waals surface area contributed by atoms with Crippen molar-refractivity contribution in [1.29, 1.82) is 0 Å². The number of carbonyl (C=O) groups is 1. The van der Waals surface area contributed by atoms with Gasteiger partial charge in [0.25, 0.3) is 5.91 Å². The van der Waals surface area contributed by atoms with Gasteiger partial charge in [-0.2, -0.15) is 0 Å². The quantitative estimate of drug-likeness (QED) is 0.522. The molecule has 2 N–H and O–H groups in total. The molecule has 1 aliphatic heterocycles. The Labute approximate surface area is 185 Å². The molecule has 1 fully saturated rings. The van der Waals surface area contributed by atoms with E-state index in [-0.39, 0.29) is 5.91 Å². The van der Waals surface area contributed by atoms with Crippen LogP contribution in [0.15, 0.2) is 53.5 Å². The maximum Gasteiger partial charge on any atom is 0.257 e. The van der Waals surface area contributed by atoms with Gasteiger partial charge in [0.2, 0.25) is 5.96 Å². The van der Waals surface area contributed by atoms with Crippen LogP contribution in [-0.2, 0) is 4.74 Å². The molecular formula is C25H34N4O2. The average Bonchev–Trinajstić information content (AvgIpc) is 2.80. The first-order chi connectivity index (χ1) is 15.0. The Morgan fingerprint density at radius 2 is 1.77 bits per heavy atom. The molecule has 0 saturated carbocycles. The topological polar surface area (TPSA) is 66.0 Å². The fraction of sp³-hybridized carbons (Fsp3) is 0.440. The highest BCUT2D eigenvalue weighted by Gasteiger charge is 2.12. The second-order valence-corrected chi connectivity index (χ2v) is 8.06. The summed E-state index contributed by atoms with van der Waals surface area (Å²) >= 11 is 0. The van der Waals surface area contributed by atoms with Gasteiger partial charge in [-0.3, -0.25) is 20.0 Å². The Kier molecular flexibility index (Phi) is 8.62. The third-order valence-electron chi connectivity index (χ3n) is 5.69. The Bertz CT molecular complexity index is 856. The maximum absolute atomic E-state index is 12.7. The zero-order valence-corrected chi connectivity index (χ0v) is 18.9. The summed E-state index contributed by atoms with van der Waals surface area (Å²) in [5.74, 6) is 0.820. The summed E-state index contributed by atoms with van der Waals surface area (Å²) in [6.07, 6.45) is 1.10. The van der Waals surface area contributed by atoms with E-state index in [0.29, 0.717) is 24.0 Å². The van der Waals surface area contributed by atoms with Crippen molar-refractivity contribution in [1.82, 2.24) is 10.2 Å². The van der Waals surface area contributed by atoms with Crippen molar-refractivity contribution < 1.29 is 9.53 Å². The summed E-state index contributed by atoms with van der Waals surface area (Å²) < 4.78 is 5.40. The summed E-state index contributed by atoms with van der Waals surface area (Å²) in [6.45, 7) is 11.2. The molecule has 6 heteroatoms. The van der Waals surface area contributed by atoms with Gasteiger partial charge >= 0.3 is 0 Å². The first-order valence-corrected chi connectivity index (χ1v) is 11.1. The van der Waals surface area contributed by atoms with Crippen LogP contribution in [0, 0.1) is 6.92 Å². The molecule has 1 unspecified atom stereocenters. The fourth-order valence-corrected chi connectivity index (χ4v) is 3.39. The number of nitrogens with zero attached hydrogens (tertiary/aromatic N) is 2. The van der Waals surface area contributed by atoms with Gasteiger partial charge < -0.3 is 10.1 Å². The van der Waals surface area contributed by atoms with Crippen molar-refractivity contribution in [3.05, 3.63) is 65.2 Å². The van der Waals surface area contributed by atoms with Crippen molar-refractivity contribution in [3.63, 3.8) is 0 Å². The van der Waals surface area contributed by atoms with Crippen LogP contribution in [0.3, 0.4) is 0 Å². The van der Waals surface area contributed by atoms with Gasteiger partial charge in [-0.1, -0.05) is 43.7 Å². The number of nitrogens with one attached hydrogen (secondary N) is 2. The van der Waals surface area contributed by atoms with Crippen LogP contribution in [0.2, 0.25) is 0 Å². The zero-order chi connectivity index (χ0) is 22.1. The number of rotatable bonds is 7. The van der Waals surface area contributed by atoms with Crippen molar-refractivity contribution in [3.8, 4) is 0 Å². The average molecular weight is 423 g/mol. The standard InChI is InChI=1S/C25H34N4O2/c1-4-20(3)21-9-11-23(12-10-21)27-25(26-13-14-29-15-17-31-18-16-29)28-24(30)22-7-5-19(2)6-8-22/h5-12,20H,4,13-18H2,1-3H3,(H2,26,27,28,30). The number of benzene rings is 2. The lowest BCUT2D eigenvalue weighted by Crippen LogP contribution is -2.39. The number of aryl methyl sites for hydroxylation is 1. The van der Waals surface area contributed by atoms with E-state index in [9.17, 15) is 4.79 Å². The highest BCUT2D eigenvalue weighted by atomic mass is 16.5. The van der Waals surface area contributed by atoms with Crippen LogP contribution in [0.5, 0.6) is 0 Å². The van der Waals surface area contributed by atoms with Crippen LogP contribution in [0.1, 0.15) is 47.7 Å².